The number of nitrogens with two attached hydrogens (primary N) is 1. The number of carbonyl (C=O) groups is 1. The van der Waals surface area contributed by atoms with E-state index < -0.39 is 11.9 Å². The third kappa shape index (κ3) is 7.76. The van der Waals surface area contributed by atoms with Crippen LogP contribution in [0, 0.1) is 0 Å². The zero-order valence-electron chi connectivity index (χ0n) is 15.7. The average molecular weight is 397 g/mol. The van der Waals surface area contributed by atoms with Crippen LogP contribution < -0.4 is 10.4 Å². The molecule has 0 radical (unpaired) electrons. The van der Waals surface area contributed by atoms with E-state index in [1.54, 1.807) is 0 Å². The average Bonchev–Trinajstić information content (AvgIpc) is 3.04. The van der Waals surface area contributed by atoms with Gasteiger partial charge in [-0.05, 0) is 44.6 Å². The highest BCUT2D eigenvalue weighted by molar-refractivity contribution is 7.80. The van der Waals surface area contributed by atoms with Gasteiger partial charge in [-0.25, -0.2) is 4.98 Å². The monoisotopic (exact) mass is 396 g/mol. The van der Waals surface area contributed by atoms with Crippen LogP contribution in [0.2, 0.25) is 0 Å². The first-order chi connectivity index (χ1) is 12.5. The molecular formula is C19H28N2O3S2. The molecule has 0 saturated heterocycles. The fourth-order valence-corrected chi connectivity index (χ4v) is 3.60. The molecule has 2 N–H and O–H groups in total. The van der Waals surface area contributed by atoms with Crippen molar-refractivity contribution in [3.05, 3.63) is 29.3 Å². The summed E-state index contributed by atoms with van der Waals surface area (Å²) in [4.78, 5) is 15.5. The van der Waals surface area contributed by atoms with E-state index in [1.165, 1.54) is 24.4 Å². The third-order valence-corrected chi connectivity index (χ3v) is 5.14. The number of quaternary nitrogens is 1. The minimum Gasteiger partial charge on any atom is -0.550 e. The SMILES string of the molecule is CCCCOC(=S)C(CC(=O)[O-])c1nc2ccccc2s1.CC[NH2+]CC. The quantitative estimate of drug-likeness (QED) is 0.519. The predicted octanol–water partition coefficient (Wildman–Crippen LogP) is 2.25. The first-order valence-electron chi connectivity index (χ1n) is 9.06. The van der Waals surface area contributed by atoms with Gasteiger partial charge in [-0.15, -0.1) is 11.3 Å². The molecule has 144 valence electrons. The van der Waals surface area contributed by atoms with E-state index in [9.17, 15) is 9.90 Å². The number of hydrogen-bond donors (Lipinski definition) is 1. The van der Waals surface area contributed by atoms with Crippen LogP contribution in [0.1, 0.15) is 51.0 Å². The second kappa shape index (κ2) is 12.7. The van der Waals surface area contributed by atoms with Gasteiger partial charge in [-0.2, -0.15) is 0 Å². The number of aromatic nitrogens is 1. The second-order valence-corrected chi connectivity index (χ2v) is 7.24. The van der Waals surface area contributed by atoms with Gasteiger partial charge in [0.05, 0.1) is 35.8 Å². The Morgan fingerprint density at radius 2 is 2.00 bits per heavy atom. The van der Waals surface area contributed by atoms with Crippen LogP contribution in [0.25, 0.3) is 10.2 Å². The van der Waals surface area contributed by atoms with E-state index in [0.717, 1.165) is 23.1 Å². The van der Waals surface area contributed by atoms with Crippen molar-refractivity contribution in [1.29, 1.82) is 0 Å². The van der Waals surface area contributed by atoms with Gasteiger partial charge in [0, 0.05) is 12.4 Å². The maximum Gasteiger partial charge on any atom is 0.169 e. The predicted molar refractivity (Wildman–Crippen MR) is 108 cm³/mol. The molecule has 5 nitrogen and oxygen atoms in total. The summed E-state index contributed by atoms with van der Waals surface area (Å²) in [5.41, 5.74) is 0.845. The third-order valence-electron chi connectivity index (χ3n) is 3.58. The second-order valence-electron chi connectivity index (χ2n) is 5.77. The molecule has 2 rings (SSSR count). The van der Waals surface area contributed by atoms with Gasteiger partial charge in [0.2, 0.25) is 0 Å². The van der Waals surface area contributed by atoms with Gasteiger partial charge in [-0.1, -0.05) is 25.5 Å². The van der Waals surface area contributed by atoms with Crippen LogP contribution in [0.15, 0.2) is 24.3 Å². The number of carbonyl (C=O) groups excluding carboxylic acids is 1. The maximum absolute atomic E-state index is 11.0. The Bertz CT molecular complexity index is 653. The smallest absolute Gasteiger partial charge is 0.169 e. The van der Waals surface area contributed by atoms with E-state index in [-0.39, 0.29) is 11.5 Å². The molecule has 0 aliphatic rings. The zero-order chi connectivity index (χ0) is 19.4. The number of rotatable bonds is 9. The van der Waals surface area contributed by atoms with E-state index in [2.05, 4.69) is 31.1 Å². The summed E-state index contributed by atoms with van der Waals surface area (Å²) in [7, 11) is 0. The van der Waals surface area contributed by atoms with E-state index in [4.69, 9.17) is 17.0 Å². The van der Waals surface area contributed by atoms with Crippen LogP contribution in [-0.4, -0.2) is 35.7 Å². The number of ether oxygens (including phenoxy) is 1. The summed E-state index contributed by atoms with van der Waals surface area (Å²) in [6.07, 6.45) is 1.68. The molecular weight excluding hydrogens is 368 g/mol. The Kier molecular flexibility index (Phi) is 11.0. The Morgan fingerprint density at radius 3 is 2.54 bits per heavy atom. The van der Waals surface area contributed by atoms with Crippen LogP contribution >= 0.6 is 23.6 Å². The summed E-state index contributed by atoms with van der Waals surface area (Å²) < 4.78 is 6.51. The van der Waals surface area contributed by atoms with Gasteiger partial charge in [0.25, 0.3) is 0 Å². The molecule has 0 spiro atoms. The highest BCUT2D eigenvalue weighted by atomic mass is 32.1. The normalized spacial score (nSPS) is 11.5. The van der Waals surface area contributed by atoms with Gasteiger partial charge in [-0.3, -0.25) is 0 Å². The zero-order valence-corrected chi connectivity index (χ0v) is 17.3. The summed E-state index contributed by atoms with van der Waals surface area (Å²) >= 11 is 6.69. The van der Waals surface area contributed by atoms with Gasteiger partial charge in [0.15, 0.2) is 5.05 Å². The van der Waals surface area contributed by atoms with Crippen molar-refractivity contribution in [2.75, 3.05) is 19.7 Å². The molecule has 26 heavy (non-hydrogen) atoms. The van der Waals surface area contributed by atoms with Crippen LogP contribution in [0.4, 0.5) is 0 Å². The van der Waals surface area contributed by atoms with Crippen molar-refractivity contribution < 1.29 is 20.0 Å². The molecule has 0 amide bonds. The Labute approximate surface area is 164 Å². The summed E-state index contributed by atoms with van der Waals surface area (Å²) in [6.45, 7) is 9.31. The number of thiazole rings is 1. The molecule has 0 bridgehead atoms. The van der Waals surface area contributed by atoms with Gasteiger partial charge >= 0.3 is 0 Å². The molecule has 1 aromatic heterocycles. The number of fused-ring (bicyclic) bond motifs is 1. The molecule has 0 aliphatic heterocycles. The van der Waals surface area contributed by atoms with Crippen molar-refractivity contribution in [2.24, 2.45) is 0 Å². The molecule has 0 saturated carbocycles. The summed E-state index contributed by atoms with van der Waals surface area (Å²) in [5.74, 6) is -1.68. The van der Waals surface area contributed by atoms with Crippen LogP contribution in [-0.2, 0) is 9.53 Å². The molecule has 7 heteroatoms. The van der Waals surface area contributed by atoms with E-state index >= 15 is 0 Å². The molecule has 1 aromatic carbocycles. The number of aliphatic carboxylic acids is 1. The molecule has 1 heterocycles. The number of carboxylic acids is 1. The number of nitrogens with zero attached hydrogens (tertiary/aromatic N) is 1. The largest absolute Gasteiger partial charge is 0.550 e. The van der Waals surface area contributed by atoms with Gasteiger partial charge < -0.3 is 20.0 Å². The first kappa shape index (κ1) is 22.5. The number of unbranched alkanes of at least 4 members (excludes halogenated alkanes) is 1. The molecule has 0 aliphatic carbocycles. The molecule has 0 fully saturated rings. The molecule has 1 atom stereocenters. The first-order valence-corrected chi connectivity index (χ1v) is 10.3. The van der Waals surface area contributed by atoms with Gasteiger partial charge in [0.1, 0.15) is 5.01 Å². The number of hydrogen-bond acceptors (Lipinski definition) is 6. The topological polar surface area (TPSA) is 78.9 Å². The lowest BCUT2D eigenvalue weighted by Crippen LogP contribution is -2.82. The fraction of sp³-hybridized carbons (Fsp3) is 0.526. The Morgan fingerprint density at radius 1 is 1.31 bits per heavy atom. The lowest BCUT2D eigenvalue weighted by Gasteiger charge is -2.17. The van der Waals surface area contributed by atoms with Crippen molar-refractivity contribution in [1.82, 2.24) is 4.98 Å². The lowest BCUT2D eigenvalue weighted by atomic mass is 10.1. The highest BCUT2D eigenvalue weighted by Gasteiger charge is 2.22. The van der Waals surface area contributed by atoms with E-state index in [0.29, 0.717) is 11.6 Å². The summed E-state index contributed by atoms with van der Waals surface area (Å²) in [6, 6.07) is 7.67. The van der Waals surface area contributed by atoms with E-state index in [1.807, 2.05) is 24.3 Å². The molecule has 2 aromatic rings. The number of benzene rings is 1. The van der Waals surface area contributed by atoms with Crippen LogP contribution in [0.5, 0.6) is 0 Å². The van der Waals surface area contributed by atoms with Crippen molar-refractivity contribution in [3.63, 3.8) is 0 Å². The van der Waals surface area contributed by atoms with Crippen molar-refractivity contribution in [2.45, 2.75) is 46.0 Å². The van der Waals surface area contributed by atoms with Crippen LogP contribution in [0.3, 0.4) is 0 Å². The standard InChI is InChI=1S/C15H17NO3S2.C4H11N/c1-2-3-8-19-15(20)10(9-13(17)18)14-16-11-6-4-5-7-12(11)21-14;1-3-5-4-2/h4-7,10H,2-3,8-9H2,1H3,(H,17,18);5H,3-4H2,1-2H3. The number of para-hydroxylation sites is 1. The Balaban J connectivity index is 0.000000597. The number of carboxylic acid groups (broad SMARTS) is 1. The molecule has 1 unspecified atom stereocenters. The minimum absolute atomic E-state index is 0.204. The van der Waals surface area contributed by atoms with Crippen molar-refractivity contribution in [3.8, 4) is 0 Å². The minimum atomic E-state index is -1.15. The lowest BCUT2D eigenvalue weighted by molar-refractivity contribution is -0.648. The Hall–Kier alpha value is -1.57. The van der Waals surface area contributed by atoms with Crippen molar-refractivity contribution >= 4 is 44.8 Å². The maximum atomic E-state index is 11.0. The summed E-state index contributed by atoms with van der Waals surface area (Å²) in [5, 5.41) is 14.2. The number of thiocarbonyl (C=S) groups is 1. The fourth-order valence-electron chi connectivity index (χ4n) is 2.18. The highest BCUT2D eigenvalue weighted by Crippen LogP contribution is 2.30.